The zero-order valence-electron chi connectivity index (χ0n) is 11.8. The number of esters is 1. The number of likely N-dealkylation sites (tertiary alicyclic amines) is 1. The maximum atomic E-state index is 12.5. The average Bonchev–Trinajstić information content (AvgIpc) is 2.95. The standard InChI is InChI=1S/C15H19NO4/c1-3-20-12-7-4-6-11(10-12)14(17)16-9-5-8-13(16)15(18)19-2/h4,6-7,10,13H,3,5,8-9H2,1-2H3. The molecule has 2 rings (SSSR count). The third-order valence-corrected chi connectivity index (χ3v) is 3.38. The number of benzene rings is 1. The average molecular weight is 277 g/mol. The molecular weight excluding hydrogens is 258 g/mol. The van der Waals surface area contributed by atoms with Gasteiger partial charge in [-0.25, -0.2) is 4.79 Å². The molecule has 0 spiro atoms. The van der Waals surface area contributed by atoms with Crippen LogP contribution >= 0.6 is 0 Å². The summed E-state index contributed by atoms with van der Waals surface area (Å²) in [5.41, 5.74) is 0.534. The third kappa shape index (κ3) is 2.92. The summed E-state index contributed by atoms with van der Waals surface area (Å²) in [6.07, 6.45) is 1.47. The van der Waals surface area contributed by atoms with Gasteiger partial charge in [-0.05, 0) is 38.0 Å². The van der Waals surface area contributed by atoms with Crippen molar-refractivity contribution in [1.29, 1.82) is 0 Å². The van der Waals surface area contributed by atoms with Crippen LogP contribution in [0.1, 0.15) is 30.1 Å². The second-order valence-electron chi connectivity index (χ2n) is 4.64. The van der Waals surface area contributed by atoms with Gasteiger partial charge in [-0.2, -0.15) is 0 Å². The fraction of sp³-hybridized carbons (Fsp3) is 0.467. The molecule has 1 amide bonds. The summed E-state index contributed by atoms with van der Waals surface area (Å²) >= 11 is 0. The topological polar surface area (TPSA) is 55.8 Å². The zero-order chi connectivity index (χ0) is 14.5. The van der Waals surface area contributed by atoms with E-state index in [0.29, 0.717) is 30.9 Å². The molecule has 0 radical (unpaired) electrons. The number of methoxy groups -OCH3 is 1. The molecule has 0 bridgehead atoms. The fourth-order valence-electron chi connectivity index (χ4n) is 2.44. The predicted octanol–water partition coefficient (Wildman–Crippen LogP) is 1.86. The molecule has 5 heteroatoms. The summed E-state index contributed by atoms with van der Waals surface area (Å²) in [5.74, 6) is 0.156. The first-order valence-electron chi connectivity index (χ1n) is 6.79. The van der Waals surface area contributed by atoms with Gasteiger partial charge in [-0.3, -0.25) is 4.79 Å². The second-order valence-corrected chi connectivity index (χ2v) is 4.64. The van der Waals surface area contributed by atoms with Crippen LogP contribution in [-0.4, -0.2) is 43.1 Å². The monoisotopic (exact) mass is 277 g/mol. The quantitative estimate of drug-likeness (QED) is 0.788. The van der Waals surface area contributed by atoms with Gasteiger partial charge in [0.1, 0.15) is 11.8 Å². The van der Waals surface area contributed by atoms with E-state index in [9.17, 15) is 9.59 Å². The Balaban J connectivity index is 2.17. The minimum absolute atomic E-state index is 0.153. The molecule has 5 nitrogen and oxygen atoms in total. The van der Waals surface area contributed by atoms with Crippen LogP contribution in [0.5, 0.6) is 5.75 Å². The van der Waals surface area contributed by atoms with Gasteiger partial charge in [0.2, 0.25) is 0 Å². The summed E-state index contributed by atoms with van der Waals surface area (Å²) < 4.78 is 10.1. The normalized spacial score (nSPS) is 17.9. The van der Waals surface area contributed by atoms with Crippen LogP contribution in [0.15, 0.2) is 24.3 Å². The van der Waals surface area contributed by atoms with Crippen LogP contribution in [0.4, 0.5) is 0 Å². The highest BCUT2D eigenvalue weighted by Crippen LogP contribution is 2.22. The van der Waals surface area contributed by atoms with Crippen LogP contribution in [0.2, 0.25) is 0 Å². The molecule has 0 N–H and O–H groups in total. The molecule has 1 atom stereocenters. The van der Waals surface area contributed by atoms with E-state index in [-0.39, 0.29) is 11.9 Å². The van der Waals surface area contributed by atoms with E-state index < -0.39 is 6.04 Å². The number of hydrogen-bond acceptors (Lipinski definition) is 4. The first-order valence-corrected chi connectivity index (χ1v) is 6.79. The van der Waals surface area contributed by atoms with Crippen molar-refractivity contribution in [3.63, 3.8) is 0 Å². The molecule has 0 aromatic heterocycles. The van der Waals surface area contributed by atoms with Crippen molar-refractivity contribution in [2.75, 3.05) is 20.3 Å². The molecule has 1 aromatic carbocycles. The van der Waals surface area contributed by atoms with E-state index in [4.69, 9.17) is 9.47 Å². The summed E-state index contributed by atoms with van der Waals surface area (Å²) in [5, 5.41) is 0. The van der Waals surface area contributed by atoms with Crippen molar-refractivity contribution in [1.82, 2.24) is 4.90 Å². The van der Waals surface area contributed by atoms with Gasteiger partial charge < -0.3 is 14.4 Å². The van der Waals surface area contributed by atoms with Crippen LogP contribution in [0.3, 0.4) is 0 Å². The smallest absolute Gasteiger partial charge is 0.328 e. The van der Waals surface area contributed by atoms with Gasteiger partial charge >= 0.3 is 5.97 Å². The van der Waals surface area contributed by atoms with Gasteiger partial charge in [0.05, 0.1) is 13.7 Å². The molecule has 1 heterocycles. The van der Waals surface area contributed by atoms with Crippen molar-refractivity contribution in [3.05, 3.63) is 29.8 Å². The van der Waals surface area contributed by atoms with Crippen LogP contribution in [-0.2, 0) is 9.53 Å². The van der Waals surface area contributed by atoms with Crippen molar-refractivity contribution < 1.29 is 19.1 Å². The maximum absolute atomic E-state index is 12.5. The van der Waals surface area contributed by atoms with Crippen LogP contribution in [0, 0.1) is 0 Å². The summed E-state index contributed by atoms with van der Waals surface area (Å²) in [6, 6.07) is 6.56. The molecular formula is C15H19NO4. The van der Waals surface area contributed by atoms with Gasteiger partial charge in [0.25, 0.3) is 5.91 Å². The Labute approximate surface area is 118 Å². The molecule has 1 unspecified atom stereocenters. The van der Waals surface area contributed by atoms with Crippen LogP contribution in [0.25, 0.3) is 0 Å². The van der Waals surface area contributed by atoms with Crippen molar-refractivity contribution >= 4 is 11.9 Å². The Bertz CT molecular complexity index is 500. The lowest BCUT2D eigenvalue weighted by Gasteiger charge is -2.22. The number of nitrogens with zero attached hydrogens (tertiary/aromatic N) is 1. The predicted molar refractivity (Wildman–Crippen MR) is 73.7 cm³/mol. The number of rotatable bonds is 4. The second kappa shape index (κ2) is 6.41. The van der Waals surface area contributed by atoms with E-state index in [1.807, 2.05) is 13.0 Å². The van der Waals surface area contributed by atoms with E-state index in [1.165, 1.54) is 7.11 Å². The Kier molecular flexibility index (Phi) is 4.61. The van der Waals surface area contributed by atoms with Crippen molar-refractivity contribution in [2.24, 2.45) is 0 Å². The molecule has 0 saturated carbocycles. The van der Waals surface area contributed by atoms with Crippen molar-refractivity contribution in [3.8, 4) is 5.75 Å². The lowest BCUT2D eigenvalue weighted by Crippen LogP contribution is -2.41. The number of carbonyl (C=O) groups excluding carboxylic acids is 2. The van der Waals surface area contributed by atoms with E-state index in [1.54, 1.807) is 23.1 Å². The Hall–Kier alpha value is -2.04. The van der Waals surface area contributed by atoms with E-state index >= 15 is 0 Å². The summed E-state index contributed by atoms with van der Waals surface area (Å²) in [6.45, 7) is 3.02. The first kappa shape index (κ1) is 14.4. The lowest BCUT2D eigenvalue weighted by atomic mass is 10.1. The first-order chi connectivity index (χ1) is 9.67. The Morgan fingerprint density at radius 2 is 2.20 bits per heavy atom. The van der Waals surface area contributed by atoms with E-state index in [0.717, 1.165) is 6.42 Å². The number of ether oxygens (including phenoxy) is 2. The van der Waals surface area contributed by atoms with Crippen molar-refractivity contribution in [2.45, 2.75) is 25.8 Å². The number of amides is 1. The minimum Gasteiger partial charge on any atom is -0.494 e. The minimum atomic E-state index is -0.469. The molecule has 1 fully saturated rings. The lowest BCUT2D eigenvalue weighted by molar-refractivity contribution is -0.145. The number of hydrogen-bond donors (Lipinski definition) is 0. The van der Waals surface area contributed by atoms with Gasteiger partial charge in [0.15, 0.2) is 0 Å². The summed E-state index contributed by atoms with van der Waals surface area (Å²) in [7, 11) is 1.35. The van der Waals surface area contributed by atoms with Gasteiger partial charge in [0, 0.05) is 12.1 Å². The molecule has 1 saturated heterocycles. The zero-order valence-corrected chi connectivity index (χ0v) is 11.8. The highest BCUT2D eigenvalue weighted by molar-refractivity contribution is 5.97. The molecule has 0 aliphatic carbocycles. The molecule has 1 aliphatic heterocycles. The molecule has 20 heavy (non-hydrogen) atoms. The van der Waals surface area contributed by atoms with Gasteiger partial charge in [-0.1, -0.05) is 6.07 Å². The van der Waals surface area contributed by atoms with Crippen LogP contribution < -0.4 is 4.74 Å². The Morgan fingerprint density at radius 3 is 2.90 bits per heavy atom. The largest absolute Gasteiger partial charge is 0.494 e. The van der Waals surface area contributed by atoms with E-state index in [2.05, 4.69) is 0 Å². The van der Waals surface area contributed by atoms with Gasteiger partial charge in [-0.15, -0.1) is 0 Å². The molecule has 1 aliphatic rings. The highest BCUT2D eigenvalue weighted by Gasteiger charge is 2.35. The SMILES string of the molecule is CCOc1cccc(C(=O)N2CCCC2C(=O)OC)c1. The number of carbonyl (C=O) groups is 2. The Morgan fingerprint density at radius 1 is 1.40 bits per heavy atom. The summed E-state index contributed by atoms with van der Waals surface area (Å²) in [4.78, 5) is 25.8. The molecule has 108 valence electrons. The highest BCUT2D eigenvalue weighted by atomic mass is 16.5. The molecule has 1 aromatic rings. The fourth-order valence-corrected chi connectivity index (χ4v) is 2.44. The maximum Gasteiger partial charge on any atom is 0.328 e. The third-order valence-electron chi connectivity index (χ3n) is 3.38.